The molecule has 6 atom stereocenters. The topological polar surface area (TPSA) is 120 Å². The van der Waals surface area contributed by atoms with Crippen LogP contribution in [0.15, 0.2) is 91.1 Å². The summed E-state index contributed by atoms with van der Waals surface area (Å²) in [4.78, 5) is 59.5. The van der Waals surface area contributed by atoms with Crippen LogP contribution in [0.5, 0.6) is 5.75 Å². The minimum atomic E-state index is -1.03. The molecule has 1 saturated heterocycles. The van der Waals surface area contributed by atoms with Crippen molar-refractivity contribution in [1.29, 1.82) is 0 Å². The molecule has 3 aliphatic heterocycles. The first-order valence-electron chi connectivity index (χ1n) is 17.0. The molecule has 10 heteroatoms. The van der Waals surface area contributed by atoms with Crippen LogP contribution in [0, 0.1) is 5.92 Å². The quantitative estimate of drug-likeness (QED) is 0.305. The van der Waals surface area contributed by atoms with Crippen LogP contribution in [0.4, 0.5) is 0 Å². The van der Waals surface area contributed by atoms with Gasteiger partial charge in [0.2, 0.25) is 23.6 Å². The van der Waals surface area contributed by atoms with E-state index in [2.05, 4.69) is 16.0 Å². The van der Waals surface area contributed by atoms with Gasteiger partial charge in [0.05, 0.1) is 6.04 Å². The summed E-state index contributed by atoms with van der Waals surface area (Å²) in [5, 5.41) is 8.83. The molecule has 3 aromatic carbocycles. The summed E-state index contributed by atoms with van der Waals surface area (Å²) in [5.41, 5.74) is 2.75. The predicted octanol–water partition coefficient (Wildman–Crippen LogP) is 3.57. The number of carbonyl (C=O) groups excluding carboxylic acids is 4. The molecule has 3 aliphatic rings. The second-order valence-electron chi connectivity index (χ2n) is 13.1. The van der Waals surface area contributed by atoms with E-state index in [-0.39, 0.29) is 36.6 Å². The van der Waals surface area contributed by atoms with Gasteiger partial charge in [0.15, 0.2) is 0 Å². The molecule has 49 heavy (non-hydrogen) atoms. The maximum atomic E-state index is 14.5. The van der Waals surface area contributed by atoms with E-state index >= 15 is 0 Å². The van der Waals surface area contributed by atoms with Gasteiger partial charge >= 0.3 is 0 Å². The fraction of sp³-hybridized carbons (Fsp3) is 0.385. The van der Waals surface area contributed by atoms with Gasteiger partial charge in [-0.3, -0.25) is 24.1 Å². The molecular formula is C39H47N5O5. The molecule has 10 nitrogen and oxygen atoms in total. The van der Waals surface area contributed by atoms with Crippen molar-refractivity contribution in [3.8, 4) is 5.75 Å². The number of likely N-dealkylation sites (tertiary alicyclic amines) is 1. The highest BCUT2D eigenvalue weighted by Gasteiger charge is 2.47. The van der Waals surface area contributed by atoms with Crippen LogP contribution in [0.1, 0.15) is 43.4 Å². The lowest BCUT2D eigenvalue weighted by Gasteiger charge is -2.34. The standard InChI is InChI=1S/C39H47N5O5/c1-5-26(2)34(42-37(46)32(43(3)4)25-29-14-10-7-11-15-29)39(48)44-23-21-33-35(44)38(47)41-31(24-28-12-8-6-9-13-28)36(45)40-22-20-27-16-18-30(49-33)19-17-27/h6-20,22,26,31-35H,5,21,23-25H2,1-4H3,(H,40,45)(H,41,47)(H,42,46)/b22-20+. The molecule has 3 aromatic rings. The molecule has 1 fully saturated rings. The number of fused-ring (bicyclic) bond motifs is 7. The average molecular weight is 666 g/mol. The lowest BCUT2D eigenvalue weighted by molar-refractivity contribution is -0.145. The fourth-order valence-electron chi connectivity index (χ4n) is 6.37. The van der Waals surface area contributed by atoms with Crippen molar-refractivity contribution in [3.05, 3.63) is 108 Å². The lowest BCUT2D eigenvalue weighted by Crippen LogP contribution is -2.61. The summed E-state index contributed by atoms with van der Waals surface area (Å²) in [6.45, 7) is 4.15. The minimum Gasteiger partial charge on any atom is -0.488 e. The maximum absolute atomic E-state index is 14.5. The van der Waals surface area contributed by atoms with Gasteiger partial charge in [-0.1, -0.05) is 93.1 Å². The van der Waals surface area contributed by atoms with Gasteiger partial charge in [-0.05, 0) is 61.3 Å². The minimum absolute atomic E-state index is 0.214. The SMILES string of the molecule is CCC(C)C(NC(=O)C(Cc1ccccc1)N(C)C)C(=O)N1CCC2Oc3ccc(cc3)/C=C/NC(=O)C(Cc3ccccc3)NC(=O)C21. The summed E-state index contributed by atoms with van der Waals surface area (Å²) in [5.74, 6) is -1.13. The highest BCUT2D eigenvalue weighted by Crippen LogP contribution is 2.27. The van der Waals surface area contributed by atoms with Gasteiger partial charge in [-0.25, -0.2) is 0 Å². The van der Waals surface area contributed by atoms with E-state index in [0.717, 1.165) is 16.7 Å². The summed E-state index contributed by atoms with van der Waals surface area (Å²) in [6.07, 6.45) is 4.42. The summed E-state index contributed by atoms with van der Waals surface area (Å²) in [7, 11) is 3.69. The van der Waals surface area contributed by atoms with Gasteiger partial charge in [0.1, 0.15) is 30.0 Å². The number of hydrogen-bond acceptors (Lipinski definition) is 6. The Bertz CT molecular complexity index is 1610. The Balaban J connectivity index is 1.44. The molecule has 3 N–H and O–H groups in total. The number of likely N-dealkylation sites (N-methyl/N-ethyl adjacent to an activating group) is 1. The molecule has 6 rings (SSSR count). The normalized spacial score (nSPS) is 21.7. The maximum Gasteiger partial charge on any atom is 0.247 e. The van der Waals surface area contributed by atoms with Gasteiger partial charge in [0, 0.05) is 25.6 Å². The second-order valence-corrected chi connectivity index (χ2v) is 13.1. The Kier molecular flexibility index (Phi) is 11.9. The van der Waals surface area contributed by atoms with E-state index in [9.17, 15) is 19.2 Å². The number of nitrogens with one attached hydrogen (secondary N) is 3. The van der Waals surface area contributed by atoms with E-state index < -0.39 is 36.2 Å². The zero-order valence-electron chi connectivity index (χ0n) is 28.7. The lowest BCUT2D eigenvalue weighted by atomic mass is 9.96. The second kappa shape index (κ2) is 16.4. The molecule has 0 saturated carbocycles. The number of amides is 4. The average Bonchev–Trinajstić information content (AvgIpc) is 3.53. The molecule has 258 valence electrons. The van der Waals surface area contributed by atoms with Crippen molar-refractivity contribution in [3.63, 3.8) is 0 Å². The molecule has 0 spiro atoms. The number of rotatable bonds is 10. The van der Waals surface area contributed by atoms with E-state index in [0.29, 0.717) is 25.0 Å². The largest absolute Gasteiger partial charge is 0.488 e. The molecule has 3 heterocycles. The van der Waals surface area contributed by atoms with Crippen LogP contribution in [0.2, 0.25) is 0 Å². The van der Waals surface area contributed by atoms with Crippen molar-refractivity contribution >= 4 is 29.7 Å². The van der Waals surface area contributed by atoms with Crippen LogP contribution in [0.25, 0.3) is 6.08 Å². The third-order valence-electron chi connectivity index (χ3n) is 9.45. The Morgan fingerprint density at radius 2 is 1.59 bits per heavy atom. The van der Waals surface area contributed by atoms with E-state index in [1.54, 1.807) is 24.4 Å². The zero-order valence-corrected chi connectivity index (χ0v) is 28.7. The Hall–Kier alpha value is -4.96. The predicted molar refractivity (Wildman–Crippen MR) is 189 cm³/mol. The molecule has 0 aromatic heterocycles. The van der Waals surface area contributed by atoms with E-state index in [1.165, 1.54) is 4.90 Å². The van der Waals surface area contributed by atoms with Gasteiger partial charge in [-0.15, -0.1) is 0 Å². The van der Waals surface area contributed by atoms with Crippen LogP contribution in [-0.2, 0) is 32.0 Å². The first-order valence-corrected chi connectivity index (χ1v) is 17.0. The zero-order chi connectivity index (χ0) is 34.9. The summed E-state index contributed by atoms with van der Waals surface area (Å²) >= 11 is 0. The van der Waals surface area contributed by atoms with Gasteiger partial charge in [0.25, 0.3) is 0 Å². The number of ether oxygens (including phenoxy) is 1. The van der Waals surface area contributed by atoms with Crippen molar-refractivity contribution in [2.24, 2.45) is 5.92 Å². The third-order valence-corrected chi connectivity index (χ3v) is 9.45. The highest BCUT2D eigenvalue weighted by atomic mass is 16.5. The Labute approximate surface area is 288 Å². The van der Waals surface area contributed by atoms with Crippen molar-refractivity contribution in [1.82, 2.24) is 25.8 Å². The van der Waals surface area contributed by atoms with Crippen LogP contribution < -0.4 is 20.7 Å². The summed E-state index contributed by atoms with van der Waals surface area (Å²) in [6, 6.07) is 23.2. The number of benzene rings is 3. The van der Waals surface area contributed by atoms with Crippen molar-refractivity contribution in [2.45, 2.75) is 69.8 Å². The molecular weight excluding hydrogens is 618 g/mol. The highest BCUT2D eigenvalue weighted by molar-refractivity contribution is 5.96. The first-order chi connectivity index (χ1) is 23.6. The van der Waals surface area contributed by atoms with E-state index in [1.807, 2.05) is 106 Å². The Morgan fingerprint density at radius 3 is 2.22 bits per heavy atom. The molecule has 6 unspecified atom stereocenters. The van der Waals surface area contributed by atoms with Crippen LogP contribution in [0.3, 0.4) is 0 Å². The molecule has 4 amide bonds. The van der Waals surface area contributed by atoms with Gasteiger partial charge < -0.3 is 25.6 Å². The number of carbonyl (C=O) groups is 4. The third kappa shape index (κ3) is 8.94. The summed E-state index contributed by atoms with van der Waals surface area (Å²) < 4.78 is 6.38. The Morgan fingerprint density at radius 1 is 0.939 bits per heavy atom. The fourth-order valence-corrected chi connectivity index (χ4v) is 6.37. The molecule has 0 radical (unpaired) electrons. The first kappa shape index (κ1) is 35.3. The smallest absolute Gasteiger partial charge is 0.247 e. The number of hydrogen-bond donors (Lipinski definition) is 3. The van der Waals surface area contributed by atoms with Gasteiger partial charge in [-0.2, -0.15) is 0 Å². The molecule has 2 bridgehead atoms. The van der Waals surface area contributed by atoms with Crippen molar-refractivity contribution < 1.29 is 23.9 Å². The van der Waals surface area contributed by atoms with Crippen LogP contribution >= 0.6 is 0 Å². The monoisotopic (exact) mass is 665 g/mol. The molecule has 0 aliphatic carbocycles. The van der Waals surface area contributed by atoms with Crippen LogP contribution in [-0.4, -0.2) is 84.3 Å². The van der Waals surface area contributed by atoms with Crippen molar-refractivity contribution in [2.75, 3.05) is 20.6 Å². The van der Waals surface area contributed by atoms with E-state index in [4.69, 9.17) is 4.74 Å². The number of nitrogens with zero attached hydrogens (tertiary/aromatic N) is 2.